The van der Waals surface area contributed by atoms with Gasteiger partial charge in [-0.15, -0.1) is 0 Å². The second-order valence-corrected chi connectivity index (χ2v) is 6.01. The lowest BCUT2D eigenvalue weighted by molar-refractivity contribution is 0.753. The number of aryl methyl sites for hydroxylation is 2. The molecule has 3 aromatic heterocycles. The SMILES string of the molecule is CCn1c(=O)c(NCc2cn3cccc(C)c3n2)nc2ccccc21. The molecule has 3 heterocycles. The minimum Gasteiger partial charge on any atom is -0.360 e. The Hall–Kier alpha value is -3.15. The molecule has 4 aromatic rings. The molecule has 1 aromatic carbocycles. The highest BCUT2D eigenvalue weighted by Gasteiger charge is 2.10. The molecule has 0 saturated heterocycles. The number of hydrogen-bond donors (Lipinski definition) is 1. The summed E-state index contributed by atoms with van der Waals surface area (Å²) >= 11 is 0. The largest absolute Gasteiger partial charge is 0.360 e. The van der Waals surface area contributed by atoms with Crippen LogP contribution < -0.4 is 10.9 Å². The first-order valence-electron chi connectivity index (χ1n) is 8.34. The van der Waals surface area contributed by atoms with Gasteiger partial charge in [-0.2, -0.15) is 0 Å². The van der Waals surface area contributed by atoms with E-state index in [0.29, 0.717) is 18.9 Å². The predicted molar refractivity (Wildman–Crippen MR) is 98.9 cm³/mol. The van der Waals surface area contributed by atoms with Gasteiger partial charge in [0, 0.05) is 18.9 Å². The van der Waals surface area contributed by atoms with Gasteiger partial charge in [0.15, 0.2) is 5.82 Å². The standard InChI is InChI=1S/C19H19N5O/c1-3-24-16-9-5-4-8-15(16)22-17(19(24)25)20-11-14-12-23-10-6-7-13(2)18(23)21-14/h4-10,12H,3,11H2,1-2H3,(H,20,22). The number of benzene rings is 1. The van der Waals surface area contributed by atoms with Crippen LogP contribution in [0.4, 0.5) is 5.82 Å². The molecule has 0 atom stereocenters. The van der Waals surface area contributed by atoms with Crippen molar-refractivity contribution in [3.8, 4) is 0 Å². The molecule has 0 fully saturated rings. The van der Waals surface area contributed by atoms with E-state index in [1.807, 2.05) is 67.0 Å². The number of rotatable bonds is 4. The Morgan fingerprint density at radius 2 is 1.96 bits per heavy atom. The molecule has 0 amide bonds. The zero-order valence-corrected chi connectivity index (χ0v) is 14.2. The van der Waals surface area contributed by atoms with Crippen molar-refractivity contribution in [1.29, 1.82) is 0 Å². The second kappa shape index (κ2) is 6.05. The predicted octanol–water partition coefficient (Wildman–Crippen LogP) is 2.98. The highest BCUT2D eigenvalue weighted by molar-refractivity contribution is 5.76. The summed E-state index contributed by atoms with van der Waals surface area (Å²) in [7, 11) is 0. The molecule has 0 aliphatic carbocycles. The van der Waals surface area contributed by atoms with Gasteiger partial charge >= 0.3 is 0 Å². The third-order valence-electron chi connectivity index (χ3n) is 4.33. The van der Waals surface area contributed by atoms with Crippen LogP contribution in [0, 0.1) is 6.92 Å². The lowest BCUT2D eigenvalue weighted by Crippen LogP contribution is -2.24. The van der Waals surface area contributed by atoms with Crippen LogP contribution in [0.1, 0.15) is 18.2 Å². The molecule has 4 rings (SSSR count). The molecular formula is C19H19N5O. The fourth-order valence-corrected chi connectivity index (χ4v) is 3.09. The van der Waals surface area contributed by atoms with Crippen LogP contribution in [-0.4, -0.2) is 18.9 Å². The Kier molecular flexibility index (Phi) is 3.72. The fraction of sp³-hybridized carbons (Fsp3) is 0.211. The van der Waals surface area contributed by atoms with Crippen LogP contribution in [0.3, 0.4) is 0 Å². The number of fused-ring (bicyclic) bond motifs is 2. The van der Waals surface area contributed by atoms with Gasteiger partial charge in [0.05, 0.1) is 23.3 Å². The van der Waals surface area contributed by atoms with Crippen molar-refractivity contribution < 1.29 is 0 Å². The summed E-state index contributed by atoms with van der Waals surface area (Å²) in [6, 6.07) is 11.7. The van der Waals surface area contributed by atoms with E-state index in [4.69, 9.17) is 0 Å². The summed E-state index contributed by atoms with van der Waals surface area (Å²) in [5.41, 5.74) is 4.46. The second-order valence-electron chi connectivity index (χ2n) is 6.01. The summed E-state index contributed by atoms with van der Waals surface area (Å²) in [5.74, 6) is 0.356. The summed E-state index contributed by atoms with van der Waals surface area (Å²) in [6.07, 6.45) is 3.94. The van der Waals surface area contributed by atoms with Gasteiger partial charge in [0.1, 0.15) is 5.65 Å². The summed E-state index contributed by atoms with van der Waals surface area (Å²) in [6.45, 7) is 5.04. The number of pyridine rings is 1. The minimum absolute atomic E-state index is 0.110. The zero-order valence-electron chi connectivity index (χ0n) is 14.2. The van der Waals surface area contributed by atoms with Gasteiger partial charge in [-0.1, -0.05) is 18.2 Å². The van der Waals surface area contributed by atoms with Crippen LogP contribution in [0.5, 0.6) is 0 Å². The quantitative estimate of drug-likeness (QED) is 0.623. The van der Waals surface area contributed by atoms with Gasteiger partial charge in [-0.25, -0.2) is 9.97 Å². The third kappa shape index (κ3) is 2.65. The normalized spacial score (nSPS) is 11.3. The monoisotopic (exact) mass is 333 g/mol. The maximum absolute atomic E-state index is 12.7. The van der Waals surface area contributed by atoms with Gasteiger partial charge < -0.3 is 14.3 Å². The summed E-state index contributed by atoms with van der Waals surface area (Å²) in [5, 5.41) is 3.16. The van der Waals surface area contributed by atoms with Gasteiger partial charge in [-0.05, 0) is 37.6 Å². The first-order chi connectivity index (χ1) is 12.2. The lowest BCUT2D eigenvalue weighted by Gasteiger charge is -2.10. The van der Waals surface area contributed by atoms with E-state index in [1.54, 1.807) is 4.57 Å². The number of aromatic nitrogens is 4. The molecule has 0 aliphatic heterocycles. The first kappa shape index (κ1) is 15.4. The lowest BCUT2D eigenvalue weighted by atomic mass is 10.3. The van der Waals surface area contributed by atoms with Crippen molar-refractivity contribution in [2.75, 3.05) is 5.32 Å². The molecule has 1 N–H and O–H groups in total. The van der Waals surface area contributed by atoms with Crippen molar-refractivity contribution in [1.82, 2.24) is 18.9 Å². The molecule has 126 valence electrons. The van der Waals surface area contributed by atoms with E-state index in [9.17, 15) is 4.79 Å². The average Bonchev–Trinajstić information content (AvgIpc) is 3.05. The Labute approximate surface area is 144 Å². The maximum atomic E-state index is 12.7. The highest BCUT2D eigenvalue weighted by atomic mass is 16.1. The van der Waals surface area contributed by atoms with E-state index >= 15 is 0 Å². The maximum Gasteiger partial charge on any atom is 0.293 e. The Morgan fingerprint density at radius 1 is 1.12 bits per heavy atom. The number of nitrogens with zero attached hydrogens (tertiary/aromatic N) is 4. The molecule has 6 heteroatoms. The number of hydrogen-bond acceptors (Lipinski definition) is 4. The Balaban J connectivity index is 1.69. The molecule has 0 bridgehead atoms. The summed E-state index contributed by atoms with van der Waals surface area (Å²) in [4.78, 5) is 21.8. The molecule has 0 unspecified atom stereocenters. The van der Waals surface area contributed by atoms with Crippen LogP contribution in [-0.2, 0) is 13.1 Å². The molecule has 0 aliphatic rings. The van der Waals surface area contributed by atoms with E-state index < -0.39 is 0 Å². The molecule has 0 saturated carbocycles. The van der Waals surface area contributed by atoms with Crippen molar-refractivity contribution in [3.63, 3.8) is 0 Å². The number of para-hydroxylation sites is 2. The topological polar surface area (TPSA) is 64.2 Å². The van der Waals surface area contributed by atoms with E-state index in [1.165, 1.54) is 0 Å². The van der Waals surface area contributed by atoms with Crippen molar-refractivity contribution in [2.45, 2.75) is 26.9 Å². The van der Waals surface area contributed by atoms with Crippen molar-refractivity contribution in [3.05, 3.63) is 70.4 Å². The van der Waals surface area contributed by atoms with Crippen molar-refractivity contribution in [2.24, 2.45) is 0 Å². The van der Waals surface area contributed by atoms with Crippen LogP contribution in [0.2, 0.25) is 0 Å². The fourth-order valence-electron chi connectivity index (χ4n) is 3.09. The smallest absolute Gasteiger partial charge is 0.293 e. The summed E-state index contributed by atoms with van der Waals surface area (Å²) < 4.78 is 3.73. The van der Waals surface area contributed by atoms with Gasteiger partial charge in [0.2, 0.25) is 0 Å². The Morgan fingerprint density at radius 3 is 2.76 bits per heavy atom. The number of anilines is 1. The van der Waals surface area contributed by atoms with E-state index in [0.717, 1.165) is 27.9 Å². The van der Waals surface area contributed by atoms with Crippen LogP contribution >= 0.6 is 0 Å². The third-order valence-corrected chi connectivity index (χ3v) is 4.33. The van der Waals surface area contributed by atoms with Gasteiger partial charge in [-0.3, -0.25) is 4.79 Å². The molecule has 0 spiro atoms. The van der Waals surface area contributed by atoms with Crippen LogP contribution in [0.25, 0.3) is 16.7 Å². The zero-order chi connectivity index (χ0) is 17.4. The Bertz CT molecular complexity index is 1130. The van der Waals surface area contributed by atoms with Crippen LogP contribution in [0.15, 0.2) is 53.6 Å². The molecular weight excluding hydrogens is 314 g/mol. The molecule has 6 nitrogen and oxygen atoms in total. The van der Waals surface area contributed by atoms with Crippen molar-refractivity contribution >= 4 is 22.5 Å². The van der Waals surface area contributed by atoms with E-state index in [2.05, 4.69) is 15.3 Å². The minimum atomic E-state index is -0.110. The number of imidazole rings is 1. The van der Waals surface area contributed by atoms with E-state index in [-0.39, 0.29) is 5.56 Å². The highest BCUT2D eigenvalue weighted by Crippen LogP contribution is 2.13. The molecule has 0 radical (unpaired) electrons. The average molecular weight is 333 g/mol. The van der Waals surface area contributed by atoms with Gasteiger partial charge in [0.25, 0.3) is 5.56 Å². The first-order valence-corrected chi connectivity index (χ1v) is 8.34. The number of nitrogens with one attached hydrogen (secondary N) is 1. The molecule has 25 heavy (non-hydrogen) atoms.